The standard InChI is InChI=1S/C9H7ClF5NO2/c1-17-6-4(2-10)8(18-9(13,14)15)16-3-5(6)7(11)12/h3,7H,2H2,1H3. The molecule has 1 aromatic rings. The van der Waals surface area contributed by atoms with E-state index >= 15 is 0 Å². The second-order valence-electron chi connectivity index (χ2n) is 3.01. The average molecular weight is 292 g/mol. The second-order valence-corrected chi connectivity index (χ2v) is 3.28. The van der Waals surface area contributed by atoms with Crippen LogP contribution in [0.15, 0.2) is 6.20 Å². The molecule has 0 fully saturated rings. The minimum atomic E-state index is -4.99. The molecule has 0 atom stereocenters. The molecule has 0 radical (unpaired) electrons. The summed E-state index contributed by atoms with van der Waals surface area (Å²) in [4.78, 5) is 3.18. The number of hydrogen-bond donors (Lipinski definition) is 0. The number of alkyl halides is 6. The number of hydrogen-bond acceptors (Lipinski definition) is 3. The van der Waals surface area contributed by atoms with Gasteiger partial charge in [-0.15, -0.1) is 24.8 Å². The van der Waals surface area contributed by atoms with Gasteiger partial charge in [0.25, 0.3) is 6.43 Å². The highest BCUT2D eigenvalue weighted by molar-refractivity contribution is 6.17. The van der Waals surface area contributed by atoms with E-state index in [-0.39, 0.29) is 5.56 Å². The number of halogens is 6. The van der Waals surface area contributed by atoms with Gasteiger partial charge in [-0.2, -0.15) is 0 Å². The Morgan fingerprint density at radius 2 is 2.00 bits per heavy atom. The summed E-state index contributed by atoms with van der Waals surface area (Å²) in [5.74, 6) is -1.88. The average Bonchev–Trinajstić information content (AvgIpc) is 2.25. The van der Waals surface area contributed by atoms with Crippen LogP contribution in [0.5, 0.6) is 11.6 Å². The number of rotatable bonds is 4. The van der Waals surface area contributed by atoms with Crippen molar-refractivity contribution in [1.82, 2.24) is 4.98 Å². The van der Waals surface area contributed by atoms with Crippen LogP contribution in [0.1, 0.15) is 17.6 Å². The lowest BCUT2D eigenvalue weighted by Gasteiger charge is -2.16. The summed E-state index contributed by atoms with van der Waals surface area (Å²) < 4.78 is 69.5. The summed E-state index contributed by atoms with van der Waals surface area (Å²) in [6.07, 6.45) is -7.39. The lowest BCUT2D eigenvalue weighted by molar-refractivity contribution is -0.276. The molecule has 0 aliphatic heterocycles. The quantitative estimate of drug-likeness (QED) is 0.626. The summed E-state index contributed by atoms with van der Waals surface area (Å²) in [7, 11) is 1.04. The van der Waals surface area contributed by atoms with Crippen molar-refractivity contribution >= 4 is 11.6 Å². The van der Waals surface area contributed by atoms with Crippen LogP contribution < -0.4 is 9.47 Å². The predicted octanol–water partition coefficient (Wildman–Crippen LogP) is 3.67. The van der Waals surface area contributed by atoms with E-state index in [1.807, 2.05) is 0 Å². The monoisotopic (exact) mass is 291 g/mol. The highest BCUT2D eigenvalue weighted by Crippen LogP contribution is 2.38. The van der Waals surface area contributed by atoms with Crippen LogP contribution in [0.3, 0.4) is 0 Å². The minimum Gasteiger partial charge on any atom is -0.496 e. The van der Waals surface area contributed by atoms with Crippen molar-refractivity contribution in [2.24, 2.45) is 0 Å². The molecule has 0 N–H and O–H groups in total. The molecule has 0 aliphatic carbocycles. The van der Waals surface area contributed by atoms with E-state index in [1.54, 1.807) is 0 Å². The van der Waals surface area contributed by atoms with Gasteiger partial charge in [-0.25, -0.2) is 13.8 Å². The van der Waals surface area contributed by atoms with Crippen molar-refractivity contribution in [2.45, 2.75) is 18.7 Å². The first-order valence-electron chi connectivity index (χ1n) is 4.45. The Labute approximate surface area is 103 Å². The van der Waals surface area contributed by atoms with Crippen LogP contribution in [-0.4, -0.2) is 18.5 Å². The second kappa shape index (κ2) is 5.55. The minimum absolute atomic E-state index is 0.380. The first-order chi connectivity index (χ1) is 8.30. The lowest BCUT2D eigenvalue weighted by atomic mass is 10.2. The topological polar surface area (TPSA) is 31.4 Å². The number of pyridine rings is 1. The zero-order valence-corrected chi connectivity index (χ0v) is 9.65. The molecular formula is C9H7ClF5NO2. The zero-order valence-electron chi connectivity index (χ0n) is 8.89. The van der Waals surface area contributed by atoms with Crippen molar-refractivity contribution in [2.75, 3.05) is 7.11 Å². The highest BCUT2D eigenvalue weighted by atomic mass is 35.5. The van der Waals surface area contributed by atoms with Crippen LogP contribution in [0, 0.1) is 0 Å². The van der Waals surface area contributed by atoms with Crippen molar-refractivity contribution in [1.29, 1.82) is 0 Å². The summed E-state index contributed by atoms with van der Waals surface area (Å²) in [5, 5.41) is 0. The smallest absolute Gasteiger partial charge is 0.496 e. The maximum Gasteiger partial charge on any atom is 0.574 e. The van der Waals surface area contributed by atoms with Gasteiger partial charge >= 0.3 is 6.36 Å². The molecule has 0 bridgehead atoms. The normalized spacial score (nSPS) is 11.8. The first-order valence-corrected chi connectivity index (χ1v) is 4.99. The van der Waals surface area contributed by atoms with E-state index in [2.05, 4.69) is 14.5 Å². The Hall–Kier alpha value is -1.31. The van der Waals surface area contributed by atoms with E-state index < -0.39 is 35.9 Å². The Kier molecular flexibility index (Phi) is 4.55. The van der Waals surface area contributed by atoms with Gasteiger partial charge in [-0.05, 0) is 0 Å². The fourth-order valence-corrected chi connectivity index (χ4v) is 1.48. The number of aromatic nitrogens is 1. The summed E-state index contributed by atoms with van der Waals surface area (Å²) in [5.41, 5.74) is -1.03. The van der Waals surface area contributed by atoms with Gasteiger partial charge in [0.05, 0.1) is 24.1 Å². The Bertz CT molecular complexity index is 424. The maximum atomic E-state index is 12.6. The van der Waals surface area contributed by atoms with E-state index in [1.165, 1.54) is 0 Å². The highest BCUT2D eigenvalue weighted by Gasteiger charge is 2.34. The van der Waals surface area contributed by atoms with Crippen LogP contribution in [0.25, 0.3) is 0 Å². The third-order valence-electron chi connectivity index (χ3n) is 1.90. The predicted molar refractivity (Wildman–Crippen MR) is 52.0 cm³/mol. The third-order valence-corrected chi connectivity index (χ3v) is 2.17. The molecule has 0 saturated carbocycles. The SMILES string of the molecule is COc1c(C(F)F)cnc(OC(F)(F)F)c1CCl. The van der Waals surface area contributed by atoms with Gasteiger partial charge in [0, 0.05) is 6.20 Å². The molecule has 102 valence electrons. The van der Waals surface area contributed by atoms with Gasteiger partial charge in [-0.3, -0.25) is 0 Å². The number of ether oxygens (including phenoxy) is 2. The van der Waals surface area contributed by atoms with Gasteiger partial charge < -0.3 is 9.47 Å². The molecular weight excluding hydrogens is 285 g/mol. The molecule has 1 aromatic heterocycles. The van der Waals surface area contributed by atoms with E-state index in [9.17, 15) is 22.0 Å². The number of nitrogens with zero attached hydrogens (tertiary/aromatic N) is 1. The molecule has 0 amide bonds. The van der Waals surface area contributed by atoms with Gasteiger partial charge in [0.2, 0.25) is 5.88 Å². The molecule has 0 saturated heterocycles. The molecule has 18 heavy (non-hydrogen) atoms. The van der Waals surface area contributed by atoms with Crippen molar-refractivity contribution < 1.29 is 31.4 Å². The van der Waals surface area contributed by atoms with Crippen LogP contribution in [0.2, 0.25) is 0 Å². The summed E-state index contributed by atoms with van der Waals surface area (Å²) in [6, 6.07) is 0. The van der Waals surface area contributed by atoms with Crippen molar-refractivity contribution in [3.8, 4) is 11.6 Å². The molecule has 9 heteroatoms. The van der Waals surface area contributed by atoms with Gasteiger partial charge in [0.15, 0.2) is 0 Å². The fourth-order valence-electron chi connectivity index (χ4n) is 1.25. The van der Waals surface area contributed by atoms with Gasteiger partial charge in [0.1, 0.15) is 5.75 Å². The molecule has 1 heterocycles. The summed E-state index contributed by atoms with van der Waals surface area (Å²) >= 11 is 5.41. The van der Waals surface area contributed by atoms with Gasteiger partial charge in [-0.1, -0.05) is 0 Å². The molecule has 1 rings (SSSR count). The molecule has 0 spiro atoms. The molecule has 0 unspecified atom stereocenters. The van der Waals surface area contributed by atoms with Crippen molar-refractivity contribution in [3.63, 3.8) is 0 Å². The van der Waals surface area contributed by atoms with Crippen LogP contribution >= 0.6 is 11.6 Å². The third kappa shape index (κ3) is 3.34. The largest absolute Gasteiger partial charge is 0.574 e. The van der Waals surface area contributed by atoms with E-state index in [0.717, 1.165) is 7.11 Å². The van der Waals surface area contributed by atoms with Crippen LogP contribution in [-0.2, 0) is 5.88 Å². The van der Waals surface area contributed by atoms with E-state index in [4.69, 9.17) is 11.6 Å². The van der Waals surface area contributed by atoms with Crippen LogP contribution in [0.4, 0.5) is 22.0 Å². The lowest BCUT2D eigenvalue weighted by Crippen LogP contribution is -2.19. The first kappa shape index (κ1) is 14.7. The Balaban J connectivity index is 3.30. The maximum absolute atomic E-state index is 12.6. The Morgan fingerprint density at radius 3 is 2.39 bits per heavy atom. The zero-order chi connectivity index (χ0) is 13.9. The number of methoxy groups -OCH3 is 1. The molecule has 0 aromatic carbocycles. The molecule has 3 nitrogen and oxygen atoms in total. The summed E-state index contributed by atoms with van der Waals surface area (Å²) in [6.45, 7) is 0. The van der Waals surface area contributed by atoms with Crippen molar-refractivity contribution in [3.05, 3.63) is 17.3 Å². The Morgan fingerprint density at radius 1 is 1.39 bits per heavy atom. The molecule has 0 aliphatic rings. The van der Waals surface area contributed by atoms with E-state index in [0.29, 0.717) is 6.20 Å². The fraction of sp³-hybridized carbons (Fsp3) is 0.444.